The number of aromatic nitrogens is 1. The molecule has 1 aliphatic rings. The van der Waals surface area contributed by atoms with Crippen LogP contribution in [-0.2, 0) is 16.0 Å². The maximum absolute atomic E-state index is 12.3. The van der Waals surface area contributed by atoms with Gasteiger partial charge in [-0.3, -0.25) is 4.79 Å². The molecule has 1 fully saturated rings. The Morgan fingerprint density at radius 3 is 2.87 bits per heavy atom. The summed E-state index contributed by atoms with van der Waals surface area (Å²) >= 11 is 0. The van der Waals surface area contributed by atoms with Gasteiger partial charge in [-0.15, -0.1) is 0 Å². The Kier molecular flexibility index (Phi) is 6.29. The molecule has 1 amide bonds. The summed E-state index contributed by atoms with van der Waals surface area (Å²) in [5, 5.41) is 4.03. The van der Waals surface area contributed by atoms with Crippen LogP contribution in [0, 0.1) is 6.92 Å². The Hall–Kier alpha value is -2.92. The molecule has 2 aromatic carbocycles. The van der Waals surface area contributed by atoms with E-state index in [2.05, 4.69) is 53.6 Å². The predicted molar refractivity (Wildman–Crippen MR) is 121 cm³/mol. The molecular formula is C25H29N3O2. The van der Waals surface area contributed by atoms with Gasteiger partial charge in [-0.1, -0.05) is 30.3 Å². The molecule has 156 valence electrons. The van der Waals surface area contributed by atoms with Gasteiger partial charge in [0.2, 0.25) is 5.91 Å². The number of hydrogen-bond donors (Lipinski definition) is 2. The minimum absolute atomic E-state index is 0.0253. The molecule has 0 bridgehead atoms. The maximum atomic E-state index is 12.3. The molecule has 3 N–H and O–H groups in total. The Bertz CT molecular complexity index is 1040. The number of anilines is 1. The molecule has 1 aliphatic heterocycles. The summed E-state index contributed by atoms with van der Waals surface area (Å²) in [6.07, 6.45) is 4.41. The van der Waals surface area contributed by atoms with E-state index in [1.807, 2.05) is 12.1 Å². The van der Waals surface area contributed by atoms with E-state index in [0.717, 1.165) is 41.5 Å². The molecule has 5 heteroatoms. The van der Waals surface area contributed by atoms with Crippen molar-refractivity contribution in [1.29, 1.82) is 0 Å². The van der Waals surface area contributed by atoms with Crippen LogP contribution in [-0.4, -0.2) is 30.1 Å². The van der Waals surface area contributed by atoms with Crippen molar-refractivity contribution in [3.05, 3.63) is 59.7 Å². The number of nitrogens with two attached hydrogens (primary N) is 1. The summed E-state index contributed by atoms with van der Waals surface area (Å²) in [5.74, 6) is 0.520. The van der Waals surface area contributed by atoms with E-state index in [0.29, 0.717) is 25.2 Å². The van der Waals surface area contributed by atoms with Crippen LogP contribution in [0.3, 0.4) is 0 Å². The van der Waals surface area contributed by atoms with Gasteiger partial charge in [0.1, 0.15) is 5.82 Å². The van der Waals surface area contributed by atoms with E-state index in [1.54, 1.807) is 0 Å². The molecule has 2 heterocycles. The standard InChI is InChI=1S/C25H29N3O2/c1-17-6-2-3-8-22(17)18-9-11-23-20(14-18)15-19(25(26)28-23)10-12-24(29)27-16-21-7-4-5-13-30-21/h2-3,6,8-9,11,14-15,21H,4-5,7,10,12-13,16H2,1H3,(H2,26,28)(H,27,29). The lowest BCUT2D eigenvalue weighted by Crippen LogP contribution is -2.35. The first kappa shape index (κ1) is 20.4. The first-order chi connectivity index (χ1) is 14.6. The molecule has 1 aromatic heterocycles. The summed E-state index contributed by atoms with van der Waals surface area (Å²) in [5.41, 5.74) is 11.6. The third kappa shape index (κ3) is 4.79. The number of benzene rings is 2. The van der Waals surface area contributed by atoms with E-state index < -0.39 is 0 Å². The lowest BCUT2D eigenvalue weighted by Gasteiger charge is -2.22. The lowest BCUT2D eigenvalue weighted by atomic mass is 9.98. The van der Waals surface area contributed by atoms with Gasteiger partial charge >= 0.3 is 0 Å². The van der Waals surface area contributed by atoms with Crippen LogP contribution in [0.15, 0.2) is 48.5 Å². The molecular weight excluding hydrogens is 374 g/mol. The van der Waals surface area contributed by atoms with E-state index in [-0.39, 0.29) is 12.0 Å². The number of carbonyl (C=O) groups is 1. The second kappa shape index (κ2) is 9.26. The van der Waals surface area contributed by atoms with Gasteiger partial charge in [0.25, 0.3) is 0 Å². The molecule has 0 saturated carbocycles. The SMILES string of the molecule is Cc1ccccc1-c1ccc2nc(N)c(CCC(=O)NCC3CCCCO3)cc2c1. The average molecular weight is 404 g/mol. The van der Waals surface area contributed by atoms with E-state index in [4.69, 9.17) is 10.5 Å². The fourth-order valence-electron chi connectivity index (χ4n) is 4.03. The van der Waals surface area contributed by atoms with Crippen molar-refractivity contribution in [2.24, 2.45) is 0 Å². The van der Waals surface area contributed by atoms with Gasteiger partial charge in [-0.05, 0) is 73.1 Å². The number of carbonyl (C=O) groups excluding carboxylic acids is 1. The average Bonchev–Trinajstić information content (AvgIpc) is 2.77. The van der Waals surface area contributed by atoms with Crippen LogP contribution in [0.2, 0.25) is 0 Å². The maximum Gasteiger partial charge on any atom is 0.220 e. The zero-order chi connectivity index (χ0) is 20.9. The zero-order valence-corrected chi connectivity index (χ0v) is 17.5. The molecule has 5 nitrogen and oxygen atoms in total. The highest BCUT2D eigenvalue weighted by atomic mass is 16.5. The topological polar surface area (TPSA) is 77.2 Å². The fraction of sp³-hybridized carbons (Fsp3) is 0.360. The number of ether oxygens (including phenoxy) is 1. The fourth-order valence-corrected chi connectivity index (χ4v) is 4.03. The van der Waals surface area contributed by atoms with Crippen molar-refractivity contribution in [3.63, 3.8) is 0 Å². The molecule has 30 heavy (non-hydrogen) atoms. The van der Waals surface area contributed by atoms with E-state index in [9.17, 15) is 4.79 Å². The Morgan fingerprint density at radius 2 is 2.07 bits per heavy atom. The quantitative estimate of drug-likeness (QED) is 0.639. The number of hydrogen-bond acceptors (Lipinski definition) is 4. The highest BCUT2D eigenvalue weighted by Crippen LogP contribution is 2.28. The van der Waals surface area contributed by atoms with Crippen molar-refractivity contribution in [1.82, 2.24) is 10.3 Å². The predicted octanol–water partition coefficient (Wildman–Crippen LogP) is 4.41. The number of amides is 1. The Balaban J connectivity index is 1.45. The third-order valence-electron chi connectivity index (χ3n) is 5.81. The van der Waals surface area contributed by atoms with Crippen LogP contribution in [0.1, 0.15) is 36.8 Å². The highest BCUT2D eigenvalue weighted by molar-refractivity contribution is 5.87. The van der Waals surface area contributed by atoms with Gasteiger partial charge in [0.15, 0.2) is 0 Å². The molecule has 0 aliphatic carbocycles. The molecule has 1 unspecified atom stereocenters. The first-order valence-electron chi connectivity index (χ1n) is 10.7. The summed E-state index contributed by atoms with van der Waals surface area (Å²) in [7, 11) is 0. The summed E-state index contributed by atoms with van der Waals surface area (Å²) < 4.78 is 5.67. The molecule has 0 radical (unpaired) electrons. The second-order valence-corrected chi connectivity index (χ2v) is 8.05. The smallest absolute Gasteiger partial charge is 0.220 e. The number of nitrogens with one attached hydrogen (secondary N) is 1. The summed E-state index contributed by atoms with van der Waals surface area (Å²) in [6, 6.07) is 16.6. The molecule has 0 spiro atoms. The minimum atomic E-state index is 0.0253. The number of pyridine rings is 1. The van der Waals surface area contributed by atoms with E-state index in [1.165, 1.54) is 17.5 Å². The molecule has 3 aromatic rings. The number of aryl methyl sites for hydroxylation is 2. The molecule has 1 saturated heterocycles. The van der Waals surface area contributed by atoms with Gasteiger partial charge in [0, 0.05) is 25.0 Å². The number of nitrogens with zero attached hydrogens (tertiary/aromatic N) is 1. The van der Waals surface area contributed by atoms with E-state index >= 15 is 0 Å². The second-order valence-electron chi connectivity index (χ2n) is 8.05. The molecule has 4 rings (SSSR count). The normalized spacial score (nSPS) is 16.5. The highest BCUT2D eigenvalue weighted by Gasteiger charge is 2.15. The van der Waals surface area contributed by atoms with Crippen molar-refractivity contribution < 1.29 is 9.53 Å². The monoisotopic (exact) mass is 403 g/mol. The van der Waals surface area contributed by atoms with Gasteiger partial charge in [0.05, 0.1) is 11.6 Å². The number of rotatable bonds is 6. The van der Waals surface area contributed by atoms with Crippen molar-refractivity contribution in [2.45, 2.75) is 45.1 Å². The van der Waals surface area contributed by atoms with Gasteiger partial charge < -0.3 is 15.8 Å². The summed E-state index contributed by atoms with van der Waals surface area (Å²) in [6.45, 7) is 3.50. The minimum Gasteiger partial charge on any atom is -0.383 e. The number of fused-ring (bicyclic) bond motifs is 1. The number of nitrogen functional groups attached to an aromatic ring is 1. The van der Waals surface area contributed by atoms with Crippen LogP contribution in [0.4, 0.5) is 5.82 Å². The van der Waals surface area contributed by atoms with Crippen LogP contribution in [0.25, 0.3) is 22.0 Å². The van der Waals surface area contributed by atoms with Gasteiger partial charge in [-0.2, -0.15) is 0 Å². The Labute approximate surface area is 177 Å². The van der Waals surface area contributed by atoms with Crippen LogP contribution >= 0.6 is 0 Å². The van der Waals surface area contributed by atoms with Crippen molar-refractivity contribution in [3.8, 4) is 11.1 Å². The zero-order valence-electron chi connectivity index (χ0n) is 17.5. The third-order valence-corrected chi connectivity index (χ3v) is 5.81. The van der Waals surface area contributed by atoms with Crippen molar-refractivity contribution >= 4 is 22.6 Å². The largest absolute Gasteiger partial charge is 0.383 e. The van der Waals surface area contributed by atoms with Gasteiger partial charge in [-0.25, -0.2) is 4.98 Å². The Morgan fingerprint density at radius 1 is 1.20 bits per heavy atom. The summed E-state index contributed by atoms with van der Waals surface area (Å²) in [4.78, 5) is 16.8. The van der Waals surface area contributed by atoms with Crippen LogP contribution in [0.5, 0.6) is 0 Å². The van der Waals surface area contributed by atoms with Crippen LogP contribution < -0.4 is 11.1 Å². The first-order valence-corrected chi connectivity index (χ1v) is 10.7. The lowest BCUT2D eigenvalue weighted by molar-refractivity contribution is -0.122. The molecule has 1 atom stereocenters. The van der Waals surface area contributed by atoms with Crippen molar-refractivity contribution in [2.75, 3.05) is 18.9 Å².